The third-order valence-electron chi connectivity index (χ3n) is 5.98. The molecule has 0 unspecified atom stereocenters. The van der Waals surface area contributed by atoms with E-state index in [-0.39, 0.29) is 11.0 Å². The van der Waals surface area contributed by atoms with Crippen LogP contribution in [-0.4, -0.2) is 16.0 Å². The molecule has 0 aliphatic carbocycles. The molecule has 0 aliphatic rings. The van der Waals surface area contributed by atoms with Gasteiger partial charge in [0.2, 0.25) is 11.8 Å². The number of benzene rings is 3. The standard InChI is InChI=1S/C30H24ClN3O3S/c1-3-19-5-13-27-25(16-19)32-29(37-27)21-6-4-18(2)24(17-21)33-30(38)34-28(35)15-12-23-11-14-26(36-23)20-7-9-22(31)10-8-20/h4-17H,3H2,1-2H3,(H2,33,34,35,38). The van der Waals surface area contributed by atoms with Crippen LogP contribution in [0.25, 0.3) is 40.0 Å². The Hall–Kier alpha value is -4.20. The summed E-state index contributed by atoms with van der Waals surface area (Å²) in [6.45, 7) is 4.05. The van der Waals surface area contributed by atoms with Crippen LogP contribution in [0.3, 0.4) is 0 Å². The maximum Gasteiger partial charge on any atom is 0.250 e. The second-order valence-electron chi connectivity index (χ2n) is 8.69. The van der Waals surface area contributed by atoms with E-state index in [4.69, 9.17) is 32.7 Å². The quantitative estimate of drug-likeness (QED) is 0.168. The molecular weight excluding hydrogens is 518 g/mol. The average Bonchev–Trinajstić information content (AvgIpc) is 3.56. The Morgan fingerprint density at radius 3 is 2.58 bits per heavy atom. The number of nitrogens with zero attached hydrogens (tertiary/aromatic N) is 1. The van der Waals surface area contributed by atoms with E-state index in [9.17, 15) is 4.79 Å². The van der Waals surface area contributed by atoms with Crippen LogP contribution < -0.4 is 10.6 Å². The molecule has 5 rings (SSSR count). The molecule has 2 N–H and O–H groups in total. The van der Waals surface area contributed by atoms with Crippen molar-refractivity contribution in [2.24, 2.45) is 0 Å². The number of aromatic nitrogens is 1. The lowest BCUT2D eigenvalue weighted by Crippen LogP contribution is -2.33. The Balaban J connectivity index is 1.23. The SMILES string of the molecule is CCc1ccc2oc(-c3ccc(C)c(NC(=S)NC(=O)C=Cc4ccc(-c5ccc(Cl)cc5)o4)c3)nc2c1. The molecule has 2 heterocycles. The van der Waals surface area contributed by atoms with Gasteiger partial charge in [0.1, 0.15) is 17.0 Å². The van der Waals surface area contributed by atoms with Crippen molar-refractivity contribution in [3.05, 3.63) is 101 Å². The Morgan fingerprint density at radius 2 is 1.79 bits per heavy atom. The van der Waals surface area contributed by atoms with E-state index < -0.39 is 0 Å². The first-order valence-corrected chi connectivity index (χ1v) is 12.8. The number of carbonyl (C=O) groups excluding carboxylic acids is 1. The van der Waals surface area contributed by atoms with E-state index >= 15 is 0 Å². The van der Waals surface area contributed by atoms with E-state index in [0.717, 1.165) is 39.9 Å². The number of thiocarbonyl (C=S) groups is 1. The fourth-order valence-electron chi connectivity index (χ4n) is 3.88. The summed E-state index contributed by atoms with van der Waals surface area (Å²) in [5.41, 5.74) is 6.15. The number of hydrogen-bond acceptors (Lipinski definition) is 5. The molecule has 0 saturated carbocycles. The number of halogens is 1. The second-order valence-corrected chi connectivity index (χ2v) is 9.53. The lowest BCUT2D eigenvalue weighted by atomic mass is 10.1. The van der Waals surface area contributed by atoms with Crippen LogP contribution in [0.15, 0.2) is 87.7 Å². The van der Waals surface area contributed by atoms with Crippen molar-refractivity contribution in [2.45, 2.75) is 20.3 Å². The van der Waals surface area contributed by atoms with Crippen LogP contribution in [0.1, 0.15) is 23.8 Å². The third-order valence-corrected chi connectivity index (χ3v) is 6.44. The molecule has 6 nitrogen and oxygen atoms in total. The summed E-state index contributed by atoms with van der Waals surface area (Å²) in [5, 5.41) is 6.58. The topological polar surface area (TPSA) is 80.3 Å². The maximum absolute atomic E-state index is 12.4. The van der Waals surface area contributed by atoms with Crippen LogP contribution in [0, 0.1) is 6.92 Å². The number of hydrogen-bond donors (Lipinski definition) is 2. The fourth-order valence-corrected chi connectivity index (χ4v) is 4.22. The predicted molar refractivity (Wildman–Crippen MR) is 156 cm³/mol. The summed E-state index contributed by atoms with van der Waals surface area (Å²) in [4.78, 5) is 17.1. The number of amides is 1. The molecule has 2 aromatic heterocycles. The Labute approximate surface area is 230 Å². The van der Waals surface area contributed by atoms with Crippen molar-refractivity contribution in [3.8, 4) is 22.8 Å². The Kier molecular flexibility index (Phi) is 7.40. The van der Waals surface area contributed by atoms with Gasteiger partial charge in [-0.3, -0.25) is 10.1 Å². The summed E-state index contributed by atoms with van der Waals surface area (Å²) in [6, 6.07) is 22.8. The van der Waals surface area contributed by atoms with E-state index in [1.165, 1.54) is 11.6 Å². The summed E-state index contributed by atoms with van der Waals surface area (Å²) >= 11 is 11.3. The molecule has 0 radical (unpaired) electrons. The van der Waals surface area contributed by atoms with Gasteiger partial charge in [-0.1, -0.05) is 30.7 Å². The molecule has 38 heavy (non-hydrogen) atoms. The first kappa shape index (κ1) is 25.4. The highest BCUT2D eigenvalue weighted by atomic mass is 35.5. The molecule has 0 atom stereocenters. The number of furan rings is 1. The third kappa shape index (κ3) is 5.85. The summed E-state index contributed by atoms with van der Waals surface area (Å²) in [5.74, 6) is 1.35. The number of fused-ring (bicyclic) bond motifs is 1. The van der Waals surface area contributed by atoms with Crippen molar-refractivity contribution >= 4 is 57.7 Å². The van der Waals surface area contributed by atoms with Crippen LogP contribution in [0.2, 0.25) is 5.02 Å². The van der Waals surface area contributed by atoms with Gasteiger partial charge >= 0.3 is 0 Å². The van der Waals surface area contributed by atoms with E-state index in [0.29, 0.717) is 22.4 Å². The zero-order valence-corrected chi connectivity index (χ0v) is 22.3. The molecule has 0 fully saturated rings. The molecule has 8 heteroatoms. The minimum absolute atomic E-state index is 0.173. The summed E-state index contributed by atoms with van der Waals surface area (Å²) < 4.78 is 11.8. The van der Waals surface area contributed by atoms with Gasteiger partial charge in [0.05, 0.1) is 0 Å². The highest BCUT2D eigenvalue weighted by Crippen LogP contribution is 2.29. The molecule has 1 amide bonds. The lowest BCUT2D eigenvalue weighted by Gasteiger charge is -2.11. The maximum atomic E-state index is 12.4. The van der Waals surface area contributed by atoms with Crippen LogP contribution >= 0.6 is 23.8 Å². The zero-order valence-electron chi connectivity index (χ0n) is 20.7. The number of anilines is 1. The van der Waals surface area contributed by atoms with Gasteiger partial charge in [-0.25, -0.2) is 4.98 Å². The molecular formula is C30H24ClN3O3S. The normalized spacial score (nSPS) is 11.2. The zero-order chi connectivity index (χ0) is 26.6. The second kappa shape index (κ2) is 11.0. The largest absolute Gasteiger partial charge is 0.457 e. The number of oxazole rings is 1. The number of aryl methyl sites for hydroxylation is 2. The Bertz CT molecular complexity index is 1670. The first-order chi connectivity index (χ1) is 18.4. The molecule has 0 bridgehead atoms. The highest BCUT2D eigenvalue weighted by molar-refractivity contribution is 7.80. The van der Waals surface area contributed by atoms with Gasteiger partial charge in [0.25, 0.3) is 0 Å². The van der Waals surface area contributed by atoms with E-state index in [1.54, 1.807) is 24.3 Å². The highest BCUT2D eigenvalue weighted by Gasteiger charge is 2.12. The first-order valence-electron chi connectivity index (χ1n) is 12.0. The van der Waals surface area contributed by atoms with Crippen LogP contribution in [-0.2, 0) is 11.2 Å². The van der Waals surface area contributed by atoms with Gasteiger partial charge in [-0.15, -0.1) is 0 Å². The van der Waals surface area contributed by atoms with Gasteiger partial charge in [-0.05, 0) is 103 Å². The van der Waals surface area contributed by atoms with Gasteiger partial charge in [0, 0.05) is 27.9 Å². The Morgan fingerprint density at radius 1 is 1.00 bits per heavy atom. The summed E-state index contributed by atoms with van der Waals surface area (Å²) in [7, 11) is 0. The van der Waals surface area contributed by atoms with Crippen molar-refractivity contribution < 1.29 is 13.6 Å². The molecule has 0 saturated heterocycles. The van der Waals surface area contributed by atoms with Crippen molar-refractivity contribution in [2.75, 3.05) is 5.32 Å². The number of rotatable bonds is 6. The van der Waals surface area contributed by atoms with Gasteiger partial charge in [-0.2, -0.15) is 0 Å². The predicted octanol–water partition coefficient (Wildman–Crippen LogP) is 7.81. The molecule has 190 valence electrons. The fraction of sp³-hybridized carbons (Fsp3) is 0.100. The lowest BCUT2D eigenvalue weighted by molar-refractivity contribution is -0.115. The van der Waals surface area contributed by atoms with Crippen LogP contribution in [0.5, 0.6) is 0 Å². The monoisotopic (exact) mass is 541 g/mol. The number of carbonyl (C=O) groups is 1. The smallest absolute Gasteiger partial charge is 0.250 e. The van der Waals surface area contributed by atoms with Crippen molar-refractivity contribution in [1.29, 1.82) is 0 Å². The minimum Gasteiger partial charge on any atom is -0.457 e. The van der Waals surface area contributed by atoms with Crippen molar-refractivity contribution in [1.82, 2.24) is 10.3 Å². The van der Waals surface area contributed by atoms with Gasteiger partial charge in [0.15, 0.2) is 10.7 Å². The minimum atomic E-state index is -0.383. The van der Waals surface area contributed by atoms with E-state index in [1.807, 2.05) is 61.5 Å². The molecule has 5 aromatic rings. The van der Waals surface area contributed by atoms with Crippen molar-refractivity contribution in [3.63, 3.8) is 0 Å². The summed E-state index contributed by atoms with van der Waals surface area (Å²) in [6.07, 6.45) is 3.88. The molecule has 0 aliphatic heterocycles. The average molecular weight is 542 g/mol. The van der Waals surface area contributed by atoms with Crippen LogP contribution in [0.4, 0.5) is 5.69 Å². The van der Waals surface area contributed by atoms with E-state index in [2.05, 4.69) is 22.5 Å². The molecule has 3 aromatic carbocycles. The van der Waals surface area contributed by atoms with Gasteiger partial charge < -0.3 is 14.2 Å². The number of nitrogens with one attached hydrogen (secondary N) is 2. The molecule has 0 spiro atoms.